The summed E-state index contributed by atoms with van der Waals surface area (Å²) in [6, 6.07) is 16.1. The summed E-state index contributed by atoms with van der Waals surface area (Å²) in [5, 5.41) is 10.5. The van der Waals surface area contributed by atoms with E-state index in [0.29, 0.717) is 17.3 Å². The van der Waals surface area contributed by atoms with Crippen molar-refractivity contribution >= 4 is 22.6 Å². The summed E-state index contributed by atoms with van der Waals surface area (Å²) in [5.74, 6) is -0.806. The maximum absolute atomic E-state index is 12.7. The lowest BCUT2D eigenvalue weighted by Crippen LogP contribution is -2.38. The summed E-state index contributed by atoms with van der Waals surface area (Å²) >= 11 is 0. The molecule has 2 N–H and O–H groups in total. The van der Waals surface area contributed by atoms with Crippen LogP contribution in [0, 0.1) is 0 Å². The number of aromatic nitrogens is 2. The topological polar surface area (TPSA) is 93.1 Å². The van der Waals surface area contributed by atoms with Crippen LogP contribution < -0.4 is 16.2 Å². The summed E-state index contributed by atoms with van der Waals surface area (Å²) in [6.45, 7) is 3.85. The number of nitrogens with zero attached hydrogens (tertiary/aromatic N) is 2. The molecule has 0 bridgehead atoms. The molecule has 1 heterocycles. The maximum atomic E-state index is 12.7. The third-order valence-corrected chi connectivity index (χ3v) is 4.27. The standard InChI is InChI=1S/C21H22N4O3/c1-14(2)25-21(28)17-11-7-6-10-16(17)19(24-25)20(27)23-13-18(26)22-12-15-8-4-3-5-9-15/h3-11,14H,12-13H2,1-2H3,(H,22,26)(H,23,27). The summed E-state index contributed by atoms with van der Waals surface area (Å²) in [4.78, 5) is 37.2. The molecule has 0 spiro atoms. The normalized spacial score (nSPS) is 10.8. The second-order valence-corrected chi connectivity index (χ2v) is 6.68. The molecule has 1 aromatic heterocycles. The van der Waals surface area contributed by atoms with Crippen LogP contribution in [0.5, 0.6) is 0 Å². The van der Waals surface area contributed by atoms with Gasteiger partial charge < -0.3 is 10.6 Å². The molecule has 3 rings (SSSR count). The van der Waals surface area contributed by atoms with Crippen LogP contribution >= 0.6 is 0 Å². The molecule has 0 aliphatic carbocycles. The summed E-state index contributed by atoms with van der Waals surface area (Å²) in [5.41, 5.74) is 0.848. The molecule has 0 fully saturated rings. The predicted octanol–water partition coefficient (Wildman–Crippen LogP) is 2.02. The van der Waals surface area contributed by atoms with Crippen molar-refractivity contribution in [3.8, 4) is 0 Å². The van der Waals surface area contributed by atoms with Crippen LogP contribution in [0.2, 0.25) is 0 Å². The number of benzene rings is 2. The first-order valence-electron chi connectivity index (χ1n) is 9.07. The van der Waals surface area contributed by atoms with E-state index in [1.54, 1.807) is 24.3 Å². The Labute approximate surface area is 162 Å². The molecule has 7 heteroatoms. The molecule has 0 saturated carbocycles. The lowest BCUT2D eigenvalue weighted by Gasteiger charge is -2.13. The molecule has 2 aromatic carbocycles. The monoisotopic (exact) mass is 378 g/mol. The number of carbonyl (C=O) groups excluding carboxylic acids is 2. The number of hydrogen-bond donors (Lipinski definition) is 2. The SMILES string of the molecule is CC(C)n1nc(C(=O)NCC(=O)NCc2ccccc2)c2ccccc2c1=O. The Morgan fingerprint density at radius 1 is 0.964 bits per heavy atom. The fourth-order valence-corrected chi connectivity index (χ4v) is 2.83. The van der Waals surface area contributed by atoms with Crippen molar-refractivity contribution in [1.82, 2.24) is 20.4 Å². The smallest absolute Gasteiger partial charge is 0.274 e. The van der Waals surface area contributed by atoms with Crippen LogP contribution in [0.15, 0.2) is 59.4 Å². The van der Waals surface area contributed by atoms with Gasteiger partial charge in [-0.25, -0.2) is 4.68 Å². The lowest BCUT2D eigenvalue weighted by molar-refractivity contribution is -0.120. The van der Waals surface area contributed by atoms with Crippen molar-refractivity contribution in [3.05, 3.63) is 76.2 Å². The Bertz CT molecular complexity index is 1060. The molecule has 3 aromatic rings. The highest BCUT2D eigenvalue weighted by molar-refractivity contribution is 6.05. The molecule has 0 aliphatic rings. The van der Waals surface area contributed by atoms with Gasteiger partial charge in [-0.3, -0.25) is 14.4 Å². The first kappa shape index (κ1) is 19.3. The number of nitrogens with one attached hydrogen (secondary N) is 2. The van der Waals surface area contributed by atoms with Gasteiger partial charge in [0.15, 0.2) is 5.69 Å². The highest BCUT2D eigenvalue weighted by Gasteiger charge is 2.18. The fraction of sp³-hybridized carbons (Fsp3) is 0.238. The van der Waals surface area contributed by atoms with Crippen LogP contribution in [-0.2, 0) is 11.3 Å². The predicted molar refractivity (Wildman–Crippen MR) is 107 cm³/mol. The molecule has 2 amide bonds. The highest BCUT2D eigenvalue weighted by atomic mass is 16.2. The first-order valence-corrected chi connectivity index (χ1v) is 9.07. The number of rotatable bonds is 6. The van der Waals surface area contributed by atoms with E-state index >= 15 is 0 Å². The van der Waals surface area contributed by atoms with Gasteiger partial charge in [0.25, 0.3) is 11.5 Å². The van der Waals surface area contributed by atoms with Crippen LogP contribution in [0.1, 0.15) is 35.9 Å². The van der Waals surface area contributed by atoms with Crippen molar-refractivity contribution in [2.24, 2.45) is 0 Å². The first-order chi connectivity index (χ1) is 13.5. The van der Waals surface area contributed by atoms with Crippen LogP contribution in [0.3, 0.4) is 0 Å². The second-order valence-electron chi connectivity index (χ2n) is 6.68. The van der Waals surface area contributed by atoms with Crippen molar-refractivity contribution in [3.63, 3.8) is 0 Å². The lowest BCUT2D eigenvalue weighted by atomic mass is 10.1. The Kier molecular flexibility index (Phi) is 5.84. The van der Waals surface area contributed by atoms with Crippen molar-refractivity contribution in [2.75, 3.05) is 6.54 Å². The van der Waals surface area contributed by atoms with E-state index in [1.165, 1.54) is 4.68 Å². The van der Waals surface area contributed by atoms with Gasteiger partial charge in [0.05, 0.1) is 18.0 Å². The van der Waals surface area contributed by atoms with E-state index in [9.17, 15) is 14.4 Å². The zero-order valence-corrected chi connectivity index (χ0v) is 15.8. The summed E-state index contributed by atoms with van der Waals surface area (Å²) in [6.07, 6.45) is 0. The Morgan fingerprint density at radius 2 is 1.61 bits per heavy atom. The van der Waals surface area contributed by atoms with Gasteiger partial charge in [-0.05, 0) is 25.5 Å². The van der Waals surface area contributed by atoms with Gasteiger partial charge >= 0.3 is 0 Å². The maximum Gasteiger partial charge on any atom is 0.274 e. The van der Waals surface area contributed by atoms with E-state index in [1.807, 2.05) is 44.2 Å². The van der Waals surface area contributed by atoms with Gasteiger partial charge in [-0.1, -0.05) is 48.5 Å². The zero-order chi connectivity index (χ0) is 20.1. The number of fused-ring (bicyclic) bond motifs is 1. The molecule has 0 saturated heterocycles. The minimum atomic E-state index is -0.500. The van der Waals surface area contributed by atoms with Gasteiger partial charge in [0.1, 0.15) is 0 Å². The molecule has 0 radical (unpaired) electrons. The van der Waals surface area contributed by atoms with Crippen LogP contribution in [-0.4, -0.2) is 28.1 Å². The molecule has 0 atom stereocenters. The zero-order valence-electron chi connectivity index (χ0n) is 15.8. The van der Waals surface area contributed by atoms with E-state index in [4.69, 9.17) is 0 Å². The van der Waals surface area contributed by atoms with Gasteiger partial charge in [-0.15, -0.1) is 0 Å². The van der Waals surface area contributed by atoms with Crippen molar-refractivity contribution < 1.29 is 9.59 Å². The fourth-order valence-electron chi connectivity index (χ4n) is 2.83. The van der Waals surface area contributed by atoms with Gasteiger partial charge in [0.2, 0.25) is 5.91 Å². The third kappa shape index (κ3) is 4.25. The Hall–Kier alpha value is -3.48. The van der Waals surface area contributed by atoms with Crippen LogP contribution in [0.4, 0.5) is 0 Å². The molecule has 7 nitrogen and oxygen atoms in total. The molecule has 28 heavy (non-hydrogen) atoms. The molecule has 0 unspecified atom stereocenters. The minimum Gasteiger partial charge on any atom is -0.350 e. The van der Waals surface area contributed by atoms with E-state index in [0.717, 1.165) is 5.56 Å². The molecule has 0 aliphatic heterocycles. The molecular weight excluding hydrogens is 356 g/mol. The van der Waals surface area contributed by atoms with E-state index in [2.05, 4.69) is 15.7 Å². The molecule has 144 valence electrons. The Balaban J connectivity index is 1.73. The third-order valence-electron chi connectivity index (χ3n) is 4.27. The van der Waals surface area contributed by atoms with E-state index < -0.39 is 5.91 Å². The second kappa shape index (κ2) is 8.47. The number of carbonyl (C=O) groups is 2. The van der Waals surface area contributed by atoms with Crippen molar-refractivity contribution in [2.45, 2.75) is 26.4 Å². The summed E-state index contributed by atoms with van der Waals surface area (Å²) < 4.78 is 1.28. The minimum absolute atomic E-state index is 0.125. The molecular formula is C21H22N4O3. The Morgan fingerprint density at radius 3 is 2.29 bits per heavy atom. The quantitative estimate of drug-likeness (QED) is 0.686. The average molecular weight is 378 g/mol. The largest absolute Gasteiger partial charge is 0.350 e. The average Bonchev–Trinajstić information content (AvgIpc) is 2.71. The van der Waals surface area contributed by atoms with Gasteiger partial charge in [-0.2, -0.15) is 5.10 Å². The van der Waals surface area contributed by atoms with Gasteiger partial charge in [0, 0.05) is 11.9 Å². The van der Waals surface area contributed by atoms with E-state index in [-0.39, 0.29) is 29.7 Å². The number of amides is 2. The summed E-state index contributed by atoms with van der Waals surface area (Å²) in [7, 11) is 0. The highest BCUT2D eigenvalue weighted by Crippen LogP contribution is 2.14. The van der Waals surface area contributed by atoms with Crippen LogP contribution in [0.25, 0.3) is 10.8 Å². The number of hydrogen-bond acceptors (Lipinski definition) is 4. The van der Waals surface area contributed by atoms with Crippen molar-refractivity contribution in [1.29, 1.82) is 0 Å².